The third-order valence-electron chi connectivity index (χ3n) is 3.63. The molecule has 1 fully saturated rings. The maximum Gasteiger partial charge on any atom is 0.270 e. The zero-order valence-electron chi connectivity index (χ0n) is 10.8. The first kappa shape index (κ1) is 13.4. The van der Waals surface area contributed by atoms with E-state index in [1.165, 1.54) is 12.1 Å². The van der Waals surface area contributed by atoms with E-state index in [4.69, 9.17) is 0 Å². The molecule has 104 valence electrons. The number of aromatic amines is 1. The highest BCUT2D eigenvalue weighted by Crippen LogP contribution is 2.33. The summed E-state index contributed by atoms with van der Waals surface area (Å²) in [5.41, 5.74) is 1.42. The van der Waals surface area contributed by atoms with Gasteiger partial charge in [0.1, 0.15) is 11.5 Å². The Morgan fingerprint density at radius 1 is 1.40 bits per heavy atom. The number of nitrogens with one attached hydrogen (secondary N) is 1. The quantitative estimate of drug-likeness (QED) is 0.887. The van der Waals surface area contributed by atoms with Gasteiger partial charge in [0, 0.05) is 17.2 Å². The van der Waals surface area contributed by atoms with E-state index in [1.54, 1.807) is 18.3 Å². The zero-order chi connectivity index (χ0) is 14.1. The second-order valence-corrected chi connectivity index (χ2v) is 5.86. The number of amides is 1. The van der Waals surface area contributed by atoms with Gasteiger partial charge in [-0.2, -0.15) is 0 Å². The van der Waals surface area contributed by atoms with Crippen LogP contribution in [0, 0.1) is 5.82 Å². The largest absolute Gasteiger partial charge is 0.356 e. The van der Waals surface area contributed by atoms with Gasteiger partial charge in [0.15, 0.2) is 0 Å². The number of nitrogens with zero attached hydrogens (tertiary/aromatic N) is 1. The molecule has 1 amide bonds. The summed E-state index contributed by atoms with van der Waals surface area (Å²) in [5, 5.41) is 0. The Balaban J connectivity index is 1.87. The van der Waals surface area contributed by atoms with E-state index in [-0.39, 0.29) is 17.8 Å². The number of carbonyl (C=O) groups is 1. The molecule has 3 rings (SSSR count). The van der Waals surface area contributed by atoms with E-state index in [0.29, 0.717) is 12.2 Å². The third-order valence-corrected chi connectivity index (χ3v) is 4.08. The third kappa shape index (κ3) is 2.50. The van der Waals surface area contributed by atoms with Crippen LogP contribution in [0.5, 0.6) is 0 Å². The average molecular weight is 337 g/mol. The lowest BCUT2D eigenvalue weighted by molar-refractivity contribution is 0.0730. The molecule has 1 atom stereocenters. The zero-order valence-corrected chi connectivity index (χ0v) is 12.4. The van der Waals surface area contributed by atoms with E-state index < -0.39 is 0 Å². The number of benzene rings is 1. The number of H-pyrrole nitrogens is 1. The van der Waals surface area contributed by atoms with Crippen LogP contribution in [-0.4, -0.2) is 22.3 Å². The van der Waals surface area contributed by atoms with Crippen LogP contribution in [0.25, 0.3) is 0 Å². The van der Waals surface area contributed by atoms with Crippen LogP contribution in [0.2, 0.25) is 0 Å². The molecule has 1 aromatic heterocycles. The van der Waals surface area contributed by atoms with Crippen LogP contribution >= 0.6 is 15.9 Å². The van der Waals surface area contributed by atoms with Gasteiger partial charge < -0.3 is 9.88 Å². The van der Waals surface area contributed by atoms with E-state index in [9.17, 15) is 9.18 Å². The Kier molecular flexibility index (Phi) is 3.61. The Bertz CT molecular complexity index is 640. The van der Waals surface area contributed by atoms with Gasteiger partial charge in [0.25, 0.3) is 5.91 Å². The molecule has 20 heavy (non-hydrogen) atoms. The first-order valence-corrected chi connectivity index (χ1v) is 7.35. The summed E-state index contributed by atoms with van der Waals surface area (Å²) >= 11 is 3.33. The Labute approximate surface area is 124 Å². The van der Waals surface area contributed by atoms with E-state index in [0.717, 1.165) is 22.9 Å². The highest BCUT2D eigenvalue weighted by Gasteiger charge is 2.31. The fourth-order valence-electron chi connectivity index (χ4n) is 2.72. The van der Waals surface area contributed by atoms with Gasteiger partial charge in [-0.1, -0.05) is 12.1 Å². The van der Waals surface area contributed by atoms with Gasteiger partial charge in [-0.25, -0.2) is 4.39 Å². The van der Waals surface area contributed by atoms with Crippen molar-refractivity contribution < 1.29 is 9.18 Å². The molecule has 0 aliphatic carbocycles. The first-order chi connectivity index (χ1) is 9.65. The van der Waals surface area contributed by atoms with E-state index >= 15 is 0 Å². The molecule has 1 unspecified atom stereocenters. The van der Waals surface area contributed by atoms with Gasteiger partial charge in [-0.05, 0) is 52.5 Å². The summed E-state index contributed by atoms with van der Waals surface area (Å²) in [6, 6.07) is 8.23. The molecule has 0 saturated carbocycles. The molecular formula is C15H14BrFN2O. The van der Waals surface area contributed by atoms with E-state index in [2.05, 4.69) is 20.9 Å². The number of hydrogen-bond acceptors (Lipinski definition) is 1. The molecule has 2 heterocycles. The fraction of sp³-hybridized carbons (Fsp3) is 0.267. The Hall–Kier alpha value is -1.62. The molecule has 1 saturated heterocycles. The maximum absolute atomic E-state index is 13.4. The summed E-state index contributed by atoms with van der Waals surface area (Å²) < 4.78 is 14.2. The van der Waals surface area contributed by atoms with Crippen LogP contribution in [-0.2, 0) is 0 Å². The molecule has 5 heteroatoms. The van der Waals surface area contributed by atoms with Gasteiger partial charge in [0.2, 0.25) is 0 Å². The van der Waals surface area contributed by atoms with Crippen LogP contribution in [0.3, 0.4) is 0 Å². The molecule has 0 spiro atoms. The van der Waals surface area contributed by atoms with Crippen molar-refractivity contribution in [2.24, 2.45) is 0 Å². The molecule has 2 aromatic rings. The lowest BCUT2D eigenvalue weighted by Crippen LogP contribution is -2.30. The predicted molar refractivity (Wildman–Crippen MR) is 77.9 cm³/mol. The highest BCUT2D eigenvalue weighted by atomic mass is 79.9. The fourth-order valence-corrected chi connectivity index (χ4v) is 3.06. The first-order valence-electron chi connectivity index (χ1n) is 6.55. The monoisotopic (exact) mass is 336 g/mol. The number of aromatic nitrogens is 1. The smallest absolute Gasteiger partial charge is 0.270 e. The Morgan fingerprint density at radius 2 is 2.25 bits per heavy atom. The molecular weight excluding hydrogens is 323 g/mol. The molecule has 1 aliphatic heterocycles. The van der Waals surface area contributed by atoms with Crippen molar-refractivity contribution in [3.8, 4) is 0 Å². The second kappa shape index (κ2) is 5.40. The van der Waals surface area contributed by atoms with Crippen LogP contribution in [0.1, 0.15) is 34.9 Å². The summed E-state index contributed by atoms with van der Waals surface area (Å²) in [5.74, 6) is -0.299. The normalized spacial score (nSPS) is 18.5. The number of rotatable bonds is 2. The average Bonchev–Trinajstić information content (AvgIpc) is 3.06. The van der Waals surface area contributed by atoms with Gasteiger partial charge >= 0.3 is 0 Å². The minimum atomic E-state index is -0.260. The van der Waals surface area contributed by atoms with Gasteiger partial charge in [-0.15, -0.1) is 0 Å². The van der Waals surface area contributed by atoms with Gasteiger partial charge in [0.05, 0.1) is 6.04 Å². The lowest BCUT2D eigenvalue weighted by atomic mass is 10.0. The van der Waals surface area contributed by atoms with Crippen LogP contribution < -0.4 is 0 Å². The van der Waals surface area contributed by atoms with Crippen molar-refractivity contribution in [2.75, 3.05) is 6.54 Å². The second-order valence-electron chi connectivity index (χ2n) is 4.94. The molecule has 3 nitrogen and oxygen atoms in total. The minimum absolute atomic E-state index is 0.0394. The number of halogens is 2. The summed E-state index contributed by atoms with van der Waals surface area (Å²) in [4.78, 5) is 17.3. The topological polar surface area (TPSA) is 36.1 Å². The molecule has 1 aliphatic rings. The number of carbonyl (C=O) groups excluding carboxylic acids is 1. The SMILES string of the molecule is O=C(c1cc(Br)c[nH]1)N1CCCC1c1cccc(F)c1. The van der Waals surface area contributed by atoms with Crippen LogP contribution in [0.15, 0.2) is 41.0 Å². The minimum Gasteiger partial charge on any atom is -0.356 e. The summed E-state index contributed by atoms with van der Waals surface area (Å²) in [6.45, 7) is 0.705. The lowest BCUT2D eigenvalue weighted by Gasteiger charge is -2.24. The summed E-state index contributed by atoms with van der Waals surface area (Å²) in [6.07, 6.45) is 3.55. The summed E-state index contributed by atoms with van der Waals surface area (Å²) in [7, 11) is 0. The highest BCUT2D eigenvalue weighted by molar-refractivity contribution is 9.10. The van der Waals surface area contributed by atoms with Crippen LogP contribution in [0.4, 0.5) is 4.39 Å². The van der Waals surface area contributed by atoms with Crippen molar-refractivity contribution in [2.45, 2.75) is 18.9 Å². The predicted octanol–water partition coefficient (Wildman–Crippen LogP) is 3.89. The standard InChI is InChI=1S/C15H14BrFN2O/c16-11-8-13(18-9-11)15(20)19-6-2-5-14(19)10-3-1-4-12(17)7-10/h1,3-4,7-9,14,18H,2,5-6H2. The molecule has 1 N–H and O–H groups in total. The number of hydrogen-bond donors (Lipinski definition) is 1. The van der Waals surface area contributed by atoms with Crippen molar-refractivity contribution in [3.05, 3.63) is 58.1 Å². The number of likely N-dealkylation sites (tertiary alicyclic amines) is 1. The van der Waals surface area contributed by atoms with Gasteiger partial charge in [-0.3, -0.25) is 4.79 Å². The van der Waals surface area contributed by atoms with Crippen molar-refractivity contribution in [3.63, 3.8) is 0 Å². The molecule has 1 aromatic carbocycles. The molecule has 0 radical (unpaired) electrons. The molecule has 0 bridgehead atoms. The maximum atomic E-state index is 13.4. The van der Waals surface area contributed by atoms with E-state index in [1.807, 2.05) is 11.0 Å². The van der Waals surface area contributed by atoms with Crippen molar-refractivity contribution in [1.29, 1.82) is 0 Å². The Morgan fingerprint density at radius 3 is 2.95 bits per heavy atom. The van der Waals surface area contributed by atoms with Crippen molar-refractivity contribution in [1.82, 2.24) is 9.88 Å². The van der Waals surface area contributed by atoms with Crippen molar-refractivity contribution >= 4 is 21.8 Å².